The van der Waals surface area contributed by atoms with E-state index in [0.717, 1.165) is 34.9 Å². The lowest BCUT2D eigenvalue weighted by atomic mass is 9.86. The minimum atomic E-state index is -0.480. The van der Waals surface area contributed by atoms with Crippen LogP contribution >= 0.6 is 11.3 Å². The predicted molar refractivity (Wildman–Crippen MR) is 112 cm³/mol. The van der Waals surface area contributed by atoms with Gasteiger partial charge >= 0.3 is 13.2 Å². The number of aryl methyl sites for hydroxylation is 1. The van der Waals surface area contributed by atoms with Gasteiger partial charge < -0.3 is 18.9 Å². The molecular formula is C20H33BN2O4S. The van der Waals surface area contributed by atoms with Gasteiger partial charge in [0, 0.05) is 24.7 Å². The van der Waals surface area contributed by atoms with Gasteiger partial charge in [0.1, 0.15) is 5.60 Å². The molecule has 3 heterocycles. The molecule has 1 aromatic heterocycles. The molecule has 3 rings (SSSR count). The first-order valence-corrected chi connectivity index (χ1v) is 10.9. The number of hydrogen-bond acceptors (Lipinski definition) is 6. The Labute approximate surface area is 173 Å². The Kier molecular flexibility index (Phi) is 5.62. The standard InChI is InChI=1S/C20H33BN2O4S/c1-13-15(21-26-19(5,6)20(7,8)27-21)28-16(22-13)14-10-9-11-23(12-14)17(24)25-18(2,3)4/h14H,9-12H2,1-8H3. The SMILES string of the molecule is Cc1nc(C2CCCN(C(=O)OC(C)(C)C)C2)sc1B1OC(C)(C)C(C)(C)O1. The zero-order chi connectivity index (χ0) is 20.9. The minimum Gasteiger partial charge on any atom is -0.444 e. The van der Waals surface area contributed by atoms with Crippen LogP contribution in [0.3, 0.4) is 0 Å². The van der Waals surface area contributed by atoms with Crippen LogP contribution in [0.15, 0.2) is 0 Å². The zero-order valence-electron chi connectivity index (χ0n) is 18.4. The van der Waals surface area contributed by atoms with E-state index in [1.54, 1.807) is 11.3 Å². The second-order valence-corrected chi connectivity index (χ2v) is 10.9. The molecular weight excluding hydrogens is 375 g/mol. The third-order valence-electron chi connectivity index (χ3n) is 5.74. The maximum atomic E-state index is 12.5. The van der Waals surface area contributed by atoms with E-state index in [2.05, 4.69) is 27.7 Å². The summed E-state index contributed by atoms with van der Waals surface area (Å²) in [4.78, 5) is 19.1. The van der Waals surface area contributed by atoms with Crippen LogP contribution in [0, 0.1) is 6.92 Å². The molecule has 1 unspecified atom stereocenters. The quantitative estimate of drug-likeness (QED) is 0.696. The van der Waals surface area contributed by atoms with Crippen molar-refractivity contribution in [3.63, 3.8) is 0 Å². The van der Waals surface area contributed by atoms with Gasteiger partial charge in [-0.15, -0.1) is 11.3 Å². The van der Waals surface area contributed by atoms with Crippen molar-refractivity contribution < 1.29 is 18.8 Å². The zero-order valence-corrected chi connectivity index (χ0v) is 19.2. The molecule has 1 amide bonds. The molecule has 0 aliphatic carbocycles. The van der Waals surface area contributed by atoms with Crippen molar-refractivity contribution in [3.05, 3.63) is 10.7 Å². The maximum absolute atomic E-state index is 12.5. The van der Waals surface area contributed by atoms with Crippen LogP contribution in [0.1, 0.15) is 77.9 Å². The number of thiazole rings is 1. The summed E-state index contributed by atoms with van der Waals surface area (Å²) in [6.07, 6.45) is 1.74. The Morgan fingerprint density at radius 1 is 1.25 bits per heavy atom. The summed E-state index contributed by atoms with van der Waals surface area (Å²) in [5.41, 5.74) is -0.266. The van der Waals surface area contributed by atoms with Crippen LogP contribution in [-0.4, -0.2) is 53.0 Å². The van der Waals surface area contributed by atoms with E-state index in [-0.39, 0.29) is 30.3 Å². The van der Waals surface area contributed by atoms with Crippen molar-refractivity contribution >= 4 is 29.3 Å². The molecule has 8 heteroatoms. The molecule has 2 aliphatic heterocycles. The lowest BCUT2D eigenvalue weighted by Gasteiger charge is -2.33. The highest BCUT2D eigenvalue weighted by molar-refractivity contribution is 7.22. The van der Waals surface area contributed by atoms with Crippen LogP contribution < -0.4 is 4.78 Å². The average molecular weight is 408 g/mol. The largest absolute Gasteiger partial charge is 0.507 e. The first-order valence-electron chi connectivity index (χ1n) is 10.1. The Morgan fingerprint density at radius 3 is 2.43 bits per heavy atom. The van der Waals surface area contributed by atoms with Crippen molar-refractivity contribution in [3.8, 4) is 0 Å². The van der Waals surface area contributed by atoms with Crippen molar-refractivity contribution in [1.82, 2.24) is 9.88 Å². The number of ether oxygens (including phenoxy) is 1. The average Bonchev–Trinajstić information content (AvgIpc) is 3.03. The van der Waals surface area contributed by atoms with E-state index < -0.39 is 5.60 Å². The number of carbonyl (C=O) groups is 1. The molecule has 1 atom stereocenters. The number of nitrogens with zero attached hydrogens (tertiary/aromatic N) is 2. The summed E-state index contributed by atoms with van der Waals surface area (Å²) in [5, 5.41) is 1.05. The molecule has 0 saturated carbocycles. The first-order chi connectivity index (χ1) is 12.8. The van der Waals surface area contributed by atoms with Gasteiger partial charge in [-0.05, 0) is 68.2 Å². The molecule has 0 aromatic carbocycles. The monoisotopic (exact) mass is 408 g/mol. The van der Waals surface area contributed by atoms with Gasteiger partial charge in [0.2, 0.25) is 0 Å². The summed E-state index contributed by atoms with van der Waals surface area (Å²) in [7, 11) is -0.387. The summed E-state index contributed by atoms with van der Waals surface area (Å²) >= 11 is 1.65. The van der Waals surface area contributed by atoms with Gasteiger partial charge in [0.25, 0.3) is 0 Å². The normalized spacial score (nSPS) is 24.5. The molecule has 2 fully saturated rings. The van der Waals surface area contributed by atoms with Gasteiger partial charge in [0.05, 0.1) is 21.0 Å². The van der Waals surface area contributed by atoms with Gasteiger partial charge in [-0.3, -0.25) is 0 Å². The van der Waals surface area contributed by atoms with E-state index in [9.17, 15) is 4.79 Å². The van der Waals surface area contributed by atoms with E-state index >= 15 is 0 Å². The Morgan fingerprint density at radius 2 is 1.86 bits per heavy atom. The fraction of sp³-hybridized carbons (Fsp3) is 0.800. The molecule has 6 nitrogen and oxygen atoms in total. The van der Waals surface area contributed by atoms with Crippen molar-refractivity contribution in [2.24, 2.45) is 0 Å². The van der Waals surface area contributed by atoms with Crippen molar-refractivity contribution in [1.29, 1.82) is 0 Å². The smallest absolute Gasteiger partial charge is 0.444 e. The molecule has 28 heavy (non-hydrogen) atoms. The third kappa shape index (κ3) is 4.39. The van der Waals surface area contributed by atoms with E-state index in [1.807, 2.05) is 32.6 Å². The number of hydrogen-bond donors (Lipinski definition) is 0. The van der Waals surface area contributed by atoms with Crippen LogP contribution in [0.5, 0.6) is 0 Å². The molecule has 0 spiro atoms. The van der Waals surface area contributed by atoms with Crippen LogP contribution in [0.25, 0.3) is 0 Å². The summed E-state index contributed by atoms with van der Waals surface area (Å²) in [6.45, 7) is 17.3. The molecule has 156 valence electrons. The summed E-state index contributed by atoms with van der Waals surface area (Å²) in [5.74, 6) is 0.223. The molecule has 1 aromatic rings. The fourth-order valence-electron chi connectivity index (χ4n) is 3.44. The van der Waals surface area contributed by atoms with Gasteiger partial charge in [0.15, 0.2) is 0 Å². The fourth-order valence-corrected chi connectivity index (χ4v) is 4.60. The second-order valence-electron chi connectivity index (χ2n) is 9.86. The van der Waals surface area contributed by atoms with E-state index in [0.29, 0.717) is 6.54 Å². The highest BCUT2D eigenvalue weighted by Gasteiger charge is 2.53. The molecule has 2 saturated heterocycles. The van der Waals surface area contributed by atoms with Crippen molar-refractivity contribution in [2.45, 2.75) is 91.0 Å². The van der Waals surface area contributed by atoms with E-state index in [1.165, 1.54) is 0 Å². The summed E-state index contributed by atoms with van der Waals surface area (Å²) < 4.78 is 19.0. The molecule has 0 N–H and O–H groups in total. The Bertz CT molecular complexity index is 725. The van der Waals surface area contributed by atoms with Gasteiger partial charge in [-0.2, -0.15) is 0 Å². The number of amides is 1. The minimum absolute atomic E-state index is 0.223. The number of likely N-dealkylation sites (tertiary alicyclic amines) is 1. The molecule has 0 bridgehead atoms. The molecule has 2 aliphatic rings. The lowest BCUT2D eigenvalue weighted by Crippen LogP contribution is -2.42. The predicted octanol–water partition coefficient (Wildman–Crippen LogP) is 3.87. The number of carbonyl (C=O) groups excluding carboxylic acids is 1. The number of piperidine rings is 1. The van der Waals surface area contributed by atoms with Crippen LogP contribution in [0.2, 0.25) is 0 Å². The lowest BCUT2D eigenvalue weighted by molar-refractivity contribution is 0.00578. The highest BCUT2D eigenvalue weighted by Crippen LogP contribution is 2.38. The topological polar surface area (TPSA) is 60.9 Å². The highest BCUT2D eigenvalue weighted by atomic mass is 32.1. The second kappa shape index (κ2) is 7.29. The Hall–Kier alpha value is -1.12. The third-order valence-corrected chi connectivity index (χ3v) is 7.08. The number of aromatic nitrogens is 1. The Balaban J connectivity index is 1.73. The van der Waals surface area contributed by atoms with Gasteiger partial charge in [-0.25, -0.2) is 9.78 Å². The van der Waals surface area contributed by atoms with Gasteiger partial charge in [-0.1, -0.05) is 0 Å². The molecule has 0 radical (unpaired) electrons. The first kappa shape index (κ1) is 21.6. The van der Waals surface area contributed by atoms with Crippen LogP contribution in [-0.2, 0) is 14.0 Å². The van der Waals surface area contributed by atoms with E-state index in [4.69, 9.17) is 19.0 Å². The summed E-state index contributed by atoms with van der Waals surface area (Å²) in [6, 6.07) is 0. The van der Waals surface area contributed by atoms with Crippen LogP contribution in [0.4, 0.5) is 4.79 Å². The number of rotatable bonds is 2. The maximum Gasteiger partial charge on any atom is 0.507 e. The van der Waals surface area contributed by atoms with Crippen molar-refractivity contribution in [2.75, 3.05) is 13.1 Å².